The van der Waals surface area contributed by atoms with Gasteiger partial charge in [0.15, 0.2) is 12.3 Å². The number of benzene rings is 6. The average molecular weight is 922 g/mol. The average Bonchev–Trinajstić information content (AvgIpc) is 3.89. The van der Waals surface area contributed by atoms with Crippen LogP contribution < -0.4 is 21.9 Å². The minimum absolute atomic E-state index is 0.0310. The molecule has 0 aliphatic heterocycles. The first-order valence-corrected chi connectivity index (χ1v) is 21.2. The highest BCUT2D eigenvalue weighted by molar-refractivity contribution is 7.71. The minimum Gasteiger partial charge on any atom is -0.423 e. The first kappa shape index (κ1) is 40.7. The first-order valence-electron chi connectivity index (χ1n) is 19.6. The zero-order valence-corrected chi connectivity index (χ0v) is 36.1. The zero-order valence-electron chi connectivity index (χ0n) is 33.0. The van der Waals surface area contributed by atoms with Gasteiger partial charge in [0.1, 0.15) is 16.7 Å². The minimum atomic E-state index is -0.638. The van der Waals surface area contributed by atoms with Crippen LogP contribution in [-0.2, 0) is 0 Å². The maximum atomic E-state index is 13.0. The van der Waals surface area contributed by atoms with Crippen molar-refractivity contribution in [3.63, 3.8) is 0 Å². The molecule has 4 aromatic heterocycles. The largest absolute Gasteiger partial charge is 0.423 e. The van der Waals surface area contributed by atoms with E-state index < -0.39 is 23.6 Å². The SMILES string of the molecule is O=c1cc(-c2nn(C(Nc3ccc(-c4ccc(NC(c5ccc(Cl)cc5)n5nc(-c6cc7ccccc7oc6=O)oc5=S)cc4)cc3)c3ccc(Cl)cc3)c(=S)o2)c2ccccc2o1. The number of para-hydroxylation sites is 2. The first-order chi connectivity index (χ1) is 31.1. The maximum Gasteiger partial charge on any atom is 0.349 e. The Bertz CT molecular complexity index is 3580. The Morgan fingerprint density at radius 1 is 0.516 bits per heavy atom. The normalized spacial score (nSPS) is 12.3. The lowest BCUT2D eigenvalue weighted by Crippen LogP contribution is -2.21. The molecule has 2 unspecified atom stereocenters. The van der Waals surface area contributed by atoms with Gasteiger partial charge in [-0.25, -0.2) is 9.59 Å². The Morgan fingerprint density at radius 3 is 1.55 bits per heavy atom. The summed E-state index contributed by atoms with van der Waals surface area (Å²) in [5.41, 5.74) is 5.39. The van der Waals surface area contributed by atoms with Gasteiger partial charge in [0.25, 0.3) is 15.6 Å². The van der Waals surface area contributed by atoms with Crippen molar-refractivity contribution in [2.24, 2.45) is 0 Å². The van der Waals surface area contributed by atoms with E-state index in [1.165, 1.54) is 10.7 Å². The van der Waals surface area contributed by atoms with Crippen LogP contribution in [0.4, 0.5) is 11.4 Å². The molecule has 2 atom stereocenters. The number of nitrogens with zero attached hydrogens (tertiary/aromatic N) is 4. The summed E-state index contributed by atoms with van der Waals surface area (Å²) in [6, 6.07) is 47.8. The number of hydrogen-bond donors (Lipinski definition) is 2. The highest BCUT2D eigenvalue weighted by Crippen LogP contribution is 2.32. The van der Waals surface area contributed by atoms with E-state index in [1.807, 2.05) is 97.1 Å². The van der Waals surface area contributed by atoms with E-state index in [1.54, 1.807) is 59.3 Å². The van der Waals surface area contributed by atoms with Gasteiger partial charge in [-0.2, -0.15) is 9.36 Å². The van der Waals surface area contributed by atoms with Gasteiger partial charge in [0, 0.05) is 38.3 Å². The smallest absolute Gasteiger partial charge is 0.349 e. The fourth-order valence-electron chi connectivity index (χ4n) is 7.32. The third kappa shape index (κ3) is 8.18. The molecule has 0 radical (unpaired) electrons. The van der Waals surface area contributed by atoms with Crippen LogP contribution in [0.25, 0.3) is 56.0 Å². The molecule has 0 aliphatic carbocycles. The van der Waals surface area contributed by atoms with E-state index in [-0.39, 0.29) is 27.0 Å². The highest BCUT2D eigenvalue weighted by Gasteiger charge is 2.24. The molecule has 6 aromatic carbocycles. The van der Waals surface area contributed by atoms with Gasteiger partial charge in [-0.3, -0.25) is 0 Å². The lowest BCUT2D eigenvalue weighted by atomic mass is 10.0. The lowest BCUT2D eigenvalue weighted by Gasteiger charge is -2.21. The number of hydrogen-bond acceptors (Lipinski definition) is 12. The van der Waals surface area contributed by atoms with Crippen molar-refractivity contribution in [3.05, 3.63) is 209 Å². The molecular formula is C48H30Cl2N6O6S2. The molecule has 0 saturated heterocycles. The van der Waals surface area contributed by atoms with Crippen molar-refractivity contribution >= 4 is 81.0 Å². The molecule has 0 spiro atoms. The summed E-state index contributed by atoms with van der Waals surface area (Å²) in [6.07, 6.45) is -1.25. The van der Waals surface area contributed by atoms with Crippen molar-refractivity contribution in [3.8, 4) is 34.0 Å². The number of anilines is 2. The van der Waals surface area contributed by atoms with Crippen LogP contribution in [0.2, 0.25) is 10.0 Å². The second-order valence-electron chi connectivity index (χ2n) is 14.5. The topological polar surface area (TPSA) is 146 Å². The van der Waals surface area contributed by atoms with Crippen molar-refractivity contribution in [1.29, 1.82) is 0 Å². The second kappa shape index (κ2) is 17.1. The Balaban J connectivity index is 0.915. The van der Waals surface area contributed by atoms with Gasteiger partial charge in [0.2, 0.25) is 5.89 Å². The Kier molecular flexibility index (Phi) is 10.9. The van der Waals surface area contributed by atoms with Gasteiger partial charge < -0.3 is 28.3 Å². The summed E-state index contributed by atoms with van der Waals surface area (Å²) in [6.45, 7) is 0. The number of rotatable bonds is 11. The van der Waals surface area contributed by atoms with Crippen molar-refractivity contribution in [2.75, 3.05) is 10.6 Å². The molecule has 0 bridgehead atoms. The summed E-state index contributed by atoms with van der Waals surface area (Å²) in [5, 5.41) is 19.0. The van der Waals surface area contributed by atoms with Gasteiger partial charge >= 0.3 is 11.3 Å². The summed E-state index contributed by atoms with van der Waals surface area (Å²) in [4.78, 5) is 25.6. The third-order valence-electron chi connectivity index (χ3n) is 10.5. The van der Waals surface area contributed by atoms with Crippen molar-refractivity contribution in [1.82, 2.24) is 19.6 Å². The molecule has 314 valence electrons. The molecule has 4 heterocycles. The summed E-state index contributed by atoms with van der Waals surface area (Å²) in [5.74, 6) is 0.204. The monoisotopic (exact) mass is 920 g/mol. The molecular weight excluding hydrogens is 892 g/mol. The fraction of sp³-hybridized carbons (Fsp3) is 0.0417. The molecule has 16 heteroatoms. The Labute approximate surface area is 382 Å². The van der Waals surface area contributed by atoms with E-state index in [2.05, 4.69) is 15.7 Å². The number of halogens is 2. The molecule has 2 N–H and O–H groups in total. The summed E-state index contributed by atoms with van der Waals surface area (Å²) < 4.78 is 25.9. The molecule has 0 fully saturated rings. The third-order valence-corrected chi connectivity index (χ3v) is 11.5. The molecule has 10 aromatic rings. The number of fused-ring (bicyclic) bond motifs is 2. The summed E-state index contributed by atoms with van der Waals surface area (Å²) in [7, 11) is 0. The van der Waals surface area contributed by atoms with Gasteiger partial charge in [-0.15, -0.1) is 10.2 Å². The van der Waals surface area contributed by atoms with Crippen LogP contribution in [-0.4, -0.2) is 19.6 Å². The summed E-state index contributed by atoms with van der Waals surface area (Å²) >= 11 is 23.9. The fourth-order valence-corrected chi connectivity index (χ4v) is 8.02. The van der Waals surface area contributed by atoms with Crippen LogP contribution in [0.15, 0.2) is 185 Å². The zero-order chi connectivity index (χ0) is 43.9. The van der Waals surface area contributed by atoms with Crippen LogP contribution >= 0.6 is 47.6 Å². The van der Waals surface area contributed by atoms with Crippen LogP contribution in [0.5, 0.6) is 0 Å². The van der Waals surface area contributed by atoms with Gasteiger partial charge in [-0.05, 0) is 113 Å². The van der Waals surface area contributed by atoms with Crippen molar-refractivity contribution in [2.45, 2.75) is 12.3 Å². The second-order valence-corrected chi connectivity index (χ2v) is 16.1. The molecule has 64 heavy (non-hydrogen) atoms. The maximum absolute atomic E-state index is 13.0. The van der Waals surface area contributed by atoms with E-state index in [0.717, 1.165) is 39.0 Å². The number of aromatic nitrogens is 4. The molecule has 10 rings (SSSR count). The highest BCUT2D eigenvalue weighted by atomic mass is 35.5. The quantitative estimate of drug-likeness (QED) is 0.0940. The van der Waals surface area contributed by atoms with Crippen LogP contribution in [0, 0.1) is 9.67 Å². The van der Waals surface area contributed by atoms with Crippen LogP contribution in [0.3, 0.4) is 0 Å². The van der Waals surface area contributed by atoms with E-state index in [4.69, 9.17) is 70.4 Å². The molecule has 0 aliphatic rings. The Morgan fingerprint density at radius 2 is 1.00 bits per heavy atom. The lowest BCUT2D eigenvalue weighted by molar-refractivity contribution is 0.494. The van der Waals surface area contributed by atoms with Crippen molar-refractivity contribution < 1.29 is 17.7 Å². The van der Waals surface area contributed by atoms with E-state index in [0.29, 0.717) is 32.2 Å². The number of nitrogens with one attached hydrogen (secondary N) is 2. The van der Waals surface area contributed by atoms with Crippen LogP contribution in [0.1, 0.15) is 23.5 Å². The van der Waals surface area contributed by atoms with E-state index in [9.17, 15) is 9.59 Å². The van der Waals surface area contributed by atoms with Gasteiger partial charge in [0.05, 0.1) is 5.56 Å². The molecule has 0 saturated carbocycles. The predicted octanol–water partition coefficient (Wildman–Crippen LogP) is 12.6. The van der Waals surface area contributed by atoms with E-state index >= 15 is 0 Å². The Hall–Kier alpha value is -7.36. The standard InChI is InChI=1S/C48H30Cl2N6O6S2/c49-32-17-9-29(10-18-32)42(55-47(63)61-44(53-55)37-26-41(57)59-40-8-4-2-6-36(37)40)51-34-21-13-27(14-22-34)28-15-23-35(24-16-28)52-43(30-11-19-33(50)20-12-30)56-48(64)62-45(54-56)38-25-31-5-1-3-7-39(31)60-46(38)58/h1-26,42-43,51-52H. The molecule has 0 amide bonds. The molecule has 12 nitrogen and oxygen atoms in total. The van der Waals surface area contributed by atoms with Gasteiger partial charge in [-0.1, -0.05) is 108 Å². The predicted molar refractivity (Wildman–Crippen MR) is 252 cm³/mol.